The molecule has 15 heteroatoms. The van der Waals surface area contributed by atoms with Gasteiger partial charge in [-0.2, -0.15) is 4.31 Å². The maximum absolute atomic E-state index is 12.8. The van der Waals surface area contributed by atoms with Gasteiger partial charge in [-0.3, -0.25) is 24.2 Å². The lowest BCUT2D eigenvalue weighted by Crippen LogP contribution is -2.49. The second-order valence-electron chi connectivity index (χ2n) is 8.18. The minimum absolute atomic E-state index is 0. The number of guanidine groups is 1. The molecule has 0 fully saturated rings. The van der Waals surface area contributed by atoms with Crippen LogP contribution in [0.25, 0.3) is 5.52 Å². The van der Waals surface area contributed by atoms with E-state index in [1.54, 1.807) is 18.2 Å². The molecular weight excluding hydrogens is 552 g/mol. The number of hydrogen-bond acceptors (Lipinski definition) is 7. The van der Waals surface area contributed by atoms with Crippen LogP contribution in [0.2, 0.25) is 0 Å². The quantitative estimate of drug-likeness (QED) is 0.115. The van der Waals surface area contributed by atoms with E-state index < -0.39 is 40.0 Å². The lowest BCUT2D eigenvalue weighted by atomic mass is 10.2. The van der Waals surface area contributed by atoms with Gasteiger partial charge in [-0.15, -0.1) is 12.4 Å². The third-order valence-corrected chi connectivity index (χ3v) is 7.42. The van der Waals surface area contributed by atoms with Crippen molar-refractivity contribution in [1.82, 2.24) is 19.3 Å². The molecule has 0 bridgehead atoms. The molecule has 1 amide bonds. The molecule has 13 nitrogen and oxygen atoms in total. The van der Waals surface area contributed by atoms with E-state index in [1.165, 1.54) is 40.9 Å². The van der Waals surface area contributed by atoms with Gasteiger partial charge in [-0.25, -0.2) is 8.42 Å². The number of carbonyl (C=O) groups excluding carboxylic acids is 1. The van der Waals surface area contributed by atoms with Gasteiger partial charge in [0.2, 0.25) is 10.0 Å². The minimum atomic E-state index is -4.13. The van der Waals surface area contributed by atoms with Gasteiger partial charge in [-0.1, -0.05) is 18.2 Å². The number of amides is 1. The van der Waals surface area contributed by atoms with E-state index in [-0.39, 0.29) is 28.8 Å². The predicted octanol–water partition coefficient (Wildman–Crippen LogP) is 0.477. The fourth-order valence-corrected chi connectivity index (χ4v) is 4.83. The number of halogens is 1. The Morgan fingerprint density at radius 3 is 2.49 bits per heavy atom. The number of fused-ring (bicyclic) bond motifs is 1. The number of benzene rings is 1. The summed E-state index contributed by atoms with van der Waals surface area (Å²) in [6.45, 7) is 0.250. The number of nitrogens with zero attached hydrogens (tertiary/aromatic N) is 2. The SMILES string of the molecule is CN([C@@H](CNC(=O)c1cc(=O)n2cc(OCCCNC(=N)N)ccc2c1)C(=O)O)S(=O)(=O)c1ccccc1.Cl. The van der Waals surface area contributed by atoms with Gasteiger partial charge < -0.3 is 26.2 Å². The highest BCUT2D eigenvalue weighted by atomic mass is 35.5. The van der Waals surface area contributed by atoms with E-state index in [0.717, 1.165) is 13.1 Å². The molecule has 0 aliphatic heterocycles. The van der Waals surface area contributed by atoms with Crippen LogP contribution < -0.4 is 26.7 Å². The van der Waals surface area contributed by atoms with Crippen LogP contribution in [-0.4, -0.2) is 72.9 Å². The molecule has 0 saturated heterocycles. The highest BCUT2D eigenvalue weighted by Crippen LogP contribution is 2.17. The van der Waals surface area contributed by atoms with Crippen molar-refractivity contribution in [3.05, 3.63) is 76.7 Å². The molecule has 0 radical (unpaired) electrons. The van der Waals surface area contributed by atoms with Crippen molar-refractivity contribution in [2.75, 3.05) is 26.7 Å². The molecule has 0 unspecified atom stereocenters. The van der Waals surface area contributed by atoms with Crippen LogP contribution in [0.3, 0.4) is 0 Å². The summed E-state index contributed by atoms with van der Waals surface area (Å²) in [5.41, 5.74) is 5.07. The topological polar surface area (TPSA) is 196 Å². The number of likely N-dealkylation sites (N-methyl/N-ethyl adjacent to an activating group) is 1. The first-order chi connectivity index (χ1) is 18.0. The number of aromatic nitrogens is 1. The number of carbonyl (C=O) groups is 2. The number of carboxylic acids is 1. The molecule has 0 saturated carbocycles. The van der Waals surface area contributed by atoms with Gasteiger partial charge in [0.25, 0.3) is 11.5 Å². The maximum Gasteiger partial charge on any atom is 0.323 e. The fourth-order valence-electron chi connectivity index (χ4n) is 3.50. The summed E-state index contributed by atoms with van der Waals surface area (Å²) in [5, 5.41) is 21.8. The van der Waals surface area contributed by atoms with Crippen LogP contribution in [0.4, 0.5) is 0 Å². The largest absolute Gasteiger partial charge is 0.492 e. The van der Waals surface area contributed by atoms with E-state index in [2.05, 4.69) is 10.6 Å². The van der Waals surface area contributed by atoms with Gasteiger partial charge in [0, 0.05) is 37.3 Å². The van der Waals surface area contributed by atoms with E-state index in [4.69, 9.17) is 15.9 Å². The first-order valence-corrected chi connectivity index (χ1v) is 12.9. The molecule has 0 aliphatic rings. The molecule has 6 N–H and O–H groups in total. The number of pyridine rings is 2. The second-order valence-corrected chi connectivity index (χ2v) is 10.2. The standard InChI is InChI=1S/C24H28N6O7S.ClH/c1-29(38(35,36)19-6-3-2-4-7-19)20(23(33)34)14-28-22(32)16-12-17-8-9-18(15-30(17)21(31)13-16)37-11-5-10-27-24(25)26;/h2-4,6-9,12-13,15,20H,5,10-11,14H2,1H3,(H,28,32)(H,33,34)(H4,25,26,27);1H/t20-;/m0./s1. The Morgan fingerprint density at radius 1 is 1.15 bits per heavy atom. The van der Waals surface area contributed by atoms with Crippen LogP contribution in [0.1, 0.15) is 16.8 Å². The molecule has 39 heavy (non-hydrogen) atoms. The molecule has 1 atom stereocenters. The number of nitrogens with two attached hydrogens (primary N) is 1. The highest BCUT2D eigenvalue weighted by Gasteiger charge is 2.33. The van der Waals surface area contributed by atoms with Crippen molar-refractivity contribution in [2.45, 2.75) is 17.4 Å². The van der Waals surface area contributed by atoms with Crippen LogP contribution >= 0.6 is 12.4 Å². The first-order valence-electron chi connectivity index (χ1n) is 11.4. The summed E-state index contributed by atoms with van der Waals surface area (Å²) in [6.07, 6.45) is 2.05. The second kappa shape index (κ2) is 13.6. The average molecular weight is 581 g/mol. The van der Waals surface area contributed by atoms with Crippen molar-refractivity contribution < 1.29 is 27.9 Å². The number of rotatable bonds is 12. The minimum Gasteiger partial charge on any atom is -0.492 e. The van der Waals surface area contributed by atoms with Crippen molar-refractivity contribution in [3.8, 4) is 5.75 Å². The Kier molecular flexibility index (Phi) is 10.8. The lowest BCUT2D eigenvalue weighted by molar-refractivity contribution is -0.140. The van der Waals surface area contributed by atoms with Gasteiger partial charge in [0.05, 0.1) is 17.7 Å². The molecule has 3 aromatic rings. The van der Waals surface area contributed by atoms with Crippen molar-refractivity contribution in [3.63, 3.8) is 0 Å². The van der Waals surface area contributed by atoms with E-state index in [1.807, 2.05) is 0 Å². The highest BCUT2D eigenvalue weighted by molar-refractivity contribution is 7.89. The van der Waals surface area contributed by atoms with Crippen LogP contribution in [-0.2, 0) is 14.8 Å². The molecule has 2 aromatic heterocycles. The summed E-state index contributed by atoms with van der Waals surface area (Å²) >= 11 is 0. The number of carboxylic acid groups (broad SMARTS) is 1. The lowest BCUT2D eigenvalue weighted by Gasteiger charge is -2.24. The fraction of sp³-hybridized carbons (Fsp3) is 0.250. The summed E-state index contributed by atoms with van der Waals surface area (Å²) in [5.74, 6) is -1.90. The number of sulfonamides is 1. The van der Waals surface area contributed by atoms with E-state index in [0.29, 0.717) is 35.1 Å². The molecule has 2 heterocycles. The molecular formula is C24H29ClN6O7S. The normalized spacial score (nSPS) is 11.8. The van der Waals surface area contributed by atoms with Gasteiger partial charge in [0.15, 0.2) is 5.96 Å². The van der Waals surface area contributed by atoms with E-state index in [9.17, 15) is 27.9 Å². The summed E-state index contributed by atoms with van der Waals surface area (Å²) < 4.78 is 33.2. The van der Waals surface area contributed by atoms with Crippen molar-refractivity contribution in [1.29, 1.82) is 5.41 Å². The Bertz CT molecular complexity index is 1500. The Labute approximate surface area is 230 Å². The summed E-state index contributed by atoms with van der Waals surface area (Å²) in [6, 6.07) is 11.5. The summed E-state index contributed by atoms with van der Waals surface area (Å²) in [7, 11) is -3.01. The number of ether oxygens (including phenoxy) is 1. The average Bonchev–Trinajstić information content (AvgIpc) is 2.88. The van der Waals surface area contributed by atoms with Gasteiger partial charge >= 0.3 is 5.97 Å². The molecule has 3 rings (SSSR count). The van der Waals surface area contributed by atoms with Gasteiger partial charge in [0.1, 0.15) is 11.8 Å². The number of hydrogen-bond donors (Lipinski definition) is 5. The molecule has 210 valence electrons. The maximum atomic E-state index is 12.8. The zero-order valence-electron chi connectivity index (χ0n) is 20.9. The molecule has 0 spiro atoms. The van der Waals surface area contributed by atoms with Crippen LogP contribution in [0, 0.1) is 5.41 Å². The zero-order valence-corrected chi connectivity index (χ0v) is 22.5. The third-order valence-electron chi connectivity index (χ3n) is 5.54. The number of nitrogens with one attached hydrogen (secondary N) is 3. The Morgan fingerprint density at radius 2 is 1.85 bits per heavy atom. The first kappa shape index (κ1) is 31.1. The monoisotopic (exact) mass is 580 g/mol. The summed E-state index contributed by atoms with van der Waals surface area (Å²) in [4.78, 5) is 37.1. The molecule has 0 aliphatic carbocycles. The predicted molar refractivity (Wildman–Crippen MR) is 146 cm³/mol. The van der Waals surface area contributed by atoms with Crippen molar-refractivity contribution >= 4 is 45.8 Å². The van der Waals surface area contributed by atoms with Crippen LogP contribution in [0.5, 0.6) is 5.75 Å². The Hall–Kier alpha value is -4.14. The third kappa shape index (κ3) is 7.92. The Balaban J connectivity index is 0.00000533. The molecule has 1 aromatic carbocycles. The van der Waals surface area contributed by atoms with Gasteiger partial charge in [-0.05, 0) is 36.8 Å². The number of aliphatic carboxylic acids is 1. The smallest absolute Gasteiger partial charge is 0.323 e. The van der Waals surface area contributed by atoms with Crippen molar-refractivity contribution in [2.24, 2.45) is 5.73 Å². The van der Waals surface area contributed by atoms with Crippen LogP contribution in [0.15, 0.2) is 70.5 Å². The van der Waals surface area contributed by atoms with E-state index >= 15 is 0 Å². The zero-order chi connectivity index (χ0) is 27.9.